The SMILES string of the molecule is COc1ccc(-c2cc(NS(=O)(=O)c3ccc(C)cc3)ccc2OC(F)F)cc1. The van der Waals surface area contributed by atoms with E-state index in [4.69, 9.17) is 4.74 Å². The van der Waals surface area contributed by atoms with E-state index < -0.39 is 16.6 Å². The van der Waals surface area contributed by atoms with Gasteiger partial charge in [-0.1, -0.05) is 29.8 Å². The maximum Gasteiger partial charge on any atom is 0.387 e. The number of rotatable bonds is 7. The number of aryl methyl sites for hydroxylation is 1. The number of alkyl halides is 2. The number of nitrogens with one attached hydrogen (secondary N) is 1. The molecule has 0 aromatic heterocycles. The average molecular weight is 419 g/mol. The van der Waals surface area contributed by atoms with Crippen LogP contribution in [0.15, 0.2) is 71.6 Å². The lowest BCUT2D eigenvalue weighted by Crippen LogP contribution is -2.13. The van der Waals surface area contributed by atoms with Crippen molar-refractivity contribution in [3.8, 4) is 22.6 Å². The van der Waals surface area contributed by atoms with Crippen LogP contribution in [0.3, 0.4) is 0 Å². The van der Waals surface area contributed by atoms with E-state index in [0.717, 1.165) is 5.56 Å². The number of hydrogen-bond donors (Lipinski definition) is 1. The monoisotopic (exact) mass is 419 g/mol. The van der Waals surface area contributed by atoms with Gasteiger partial charge in [-0.15, -0.1) is 0 Å². The summed E-state index contributed by atoms with van der Waals surface area (Å²) in [5.74, 6) is 0.532. The molecule has 3 aromatic carbocycles. The maximum absolute atomic E-state index is 12.8. The number of anilines is 1. The first kappa shape index (κ1) is 20.6. The molecule has 0 radical (unpaired) electrons. The zero-order valence-corrected chi connectivity index (χ0v) is 16.5. The van der Waals surface area contributed by atoms with Crippen molar-refractivity contribution in [3.05, 3.63) is 72.3 Å². The van der Waals surface area contributed by atoms with E-state index in [2.05, 4.69) is 9.46 Å². The highest BCUT2D eigenvalue weighted by Gasteiger charge is 2.17. The standard InChI is InChI=1S/C21H19F2NO4S/c1-14-3-10-18(11-4-14)29(25,26)24-16-7-12-20(28-21(22)23)19(13-16)15-5-8-17(27-2)9-6-15/h3-13,21,24H,1-2H3. The predicted molar refractivity (Wildman–Crippen MR) is 107 cm³/mol. The van der Waals surface area contributed by atoms with Crippen LogP contribution >= 0.6 is 0 Å². The van der Waals surface area contributed by atoms with E-state index in [1.807, 2.05) is 6.92 Å². The number of benzene rings is 3. The van der Waals surface area contributed by atoms with Crippen molar-refractivity contribution in [1.82, 2.24) is 0 Å². The third-order valence-electron chi connectivity index (χ3n) is 4.18. The minimum absolute atomic E-state index is 0.0662. The van der Waals surface area contributed by atoms with Gasteiger partial charge in [0, 0.05) is 11.3 Å². The molecule has 0 aliphatic carbocycles. The Morgan fingerprint density at radius 2 is 1.59 bits per heavy atom. The van der Waals surface area contributed by atoms with Crippen molar-refractivity contribution in [2.45, 2.75) is 18.4 Å². The van der Waals surface area contributed by atoms with Crippen molar-refractivity contribution in [2.75, 3.05) is 11.8 Å². The molecule has 0 unspecified atom stereocenters. The first-order valence-corrected chi connectivity index (χ1v) is 10.1. The Morgan fingerprint density at radius 3 is 2.17 bits per heavy atom. The molecule has 0 aliphatic heterocycles. The summed E-state index contributed by atoms with van der Waals surface area (Å²) in [6, 6.07) is 17.2. The molecule has 0 heterocycles. The summed E-state index contributed by atoms with van der Waals surface area (Å²) in [5.41, 5.74) is 2.03. The summed E-state index contributed by atoms with van der Waals surface area (Å²) >= 11 is 0. The molecular weight excluding hydrogens is 400 g/mol. The molecule has 0 fully saturated rings. The topological polar surface area (TPSA) is 64.6 Å². The van der Waals surface area contributed by atoms with Gasteiger partial charge in [-0.3, -0.25) is 4.72 Å². The fourth-order valence-electron chi connectivity index (χ4n) is 2.72. The lowest BCUT2D eigenvalue weighted by atomic mass is 10.0. The highest BCUT2D eigenvalue weighted by molar-refractivity contribution is 7.92. The van der Waals surface area contributed by atoms with Crippen LogP contribution in [0.2, 0.25) is 0 Å². The Kier molecular flexibility index (Phi) is 6.03. The summed E-state index contributed by atoms with van der Waals surface area (Å²) in [6.07, 6.45) is 0. The molecule has 0 bridgehead atoms. The van der Waals surface area contributed by atoms with E-state index in [1.165, 1.54) is 37.4 Å². The molecular formula is C21H19F2NO4S. The van der Waals surface area contributed by atoms with Gasteiger partial charge in [0.1, 0.15) is 11.5 Å². The van der Waals surface area contributed by atoms with E-state index in [0.29, 0.717) is 16.9 Å². The van der Waals surface area contributed by atoms with Gasteiger partial charge in [-0.05, 0) is 55.0 Å². The van der Waals surface area contributed by atoms with Crippen molar-refractivity contribution >= 4 is 15.7 Å². The van der Waals surface area contributed by atoms with Crippen LogP contribution in [0.1, 0.15) is 5.56 Å². The Hall–Kier alpha value is -3.13. The minimum Gasteiger partial charge on any atom is -0.497 e. The van der Waals surface area contributed by atoms with E-state index in [9.17, 15) is 17.2 Å². The molecule has 8 heteroatoms. The molecule has 0 spiro atoms. The van der Waals surface area contributed by atoms with Gasteiger partial charge in [0.25, 0.3) is 10.0 Å². The van der Waals surface area contributed by atoms with Crippen molar-refractivity contribution in [3.63, 3.8) is 0 Å². The Morgan fingerprint density at radius 1 is 0.931 bits per heavy atom. The van der Waals surface area contributed by atoms with Crippen molar-refractivity contribution in [2.24, 2.45) is 0 Å². The maximum atomic E-state index is 12.8. The largest absolute Gasteiger partial charge is 0.497 e. The summed E-state index contributed by atoms with van der Waals surface area (Å²) < 4.78 is 63.0. The minimum atomic E-state index is -3.83. The summed E-state index contributed by atoms with van der Waals surface area (Å²) in [4.78, 5) is 0.0991. The van der Waals surface area contributed by atoms with Gasteiger partial charge < -0.3 is 9.47 Å². The van der Waals surface area contributed by atoms with Gasteiger partial charge in [-0.25, -0.2) is 8.42 Å². The highest BCUT2D eigenvalue weighted by Crippen LogP contribution is 2.35. The Balaban J connectivity index is 1.98. The number of halogens is 2. The predicted octanol–water partition coefficient (Wildman–Crippen LogP) is 5.07. The first-order valence-electron chi connectivity index (χ1n) is 8.61. The van der Waals surface area contributed by atoms with E-state index >= 15 is 0 Å². The van der Waals surface area contributed by atoms with E-state index in [1.54, 1.807) is 36.4 Å². The van der Waals surface area contributed by atoms with E-state index in [-0.39, 0.29) is 16.3 Å². The van der Waals surface area contributed by atoms with Crippen LogP contribution in [0.4, 0.5) is 14.5 Å². The number of ether oxygens (including phenoxy) is 2. The molecule has 3 aromatic rings. The lowest BCUT2D eigenvalue weighted by Gasteiger charge is -2.14. The van der Waals surface area contributed by atoms with Crippen molar-refractivity contribution < 1.29 is 26.7 Å². The first-order chi connectivity index (χ1) is 13.8. The van der Waals surface area contributed by atoms with Crippen LogP contribution in [0, 0.1) is 6.92 Å². The van der Waals surface area contributed by atoms with Gasteiger partial charge in [-0.2, -0.15) is 8.78 Å². The molecule has 0 amide bonds. The van der Waals surface area contributed by atoms with Crippen LogP contribution in [-0.2, 0) is 10.0 Å². The zero-order chi connectivity index (χ0) is 21.0. The molecule has 0 aliphatic rings. The summed E-state index contributed by atoms with van der Waals surface area (Å²) in [6.45, 7) is -1.16. The third-order valence-corrected chi connectivity index (χ3v) is 5.58. The molecule has 152 valence electrons. The van der Waals surface area contributed by atoms with Crippen LogP contribution in [0.25, 0.3) is 11.1 Å². The Labute approximate surface area is 168 Å². The summed E-state index contributed by atoms with van der Waals surface area (Å²) in [7, 11) is -2.32. The zero-order valence-electron chi connectivity index (χ0n) is 15.7. The lowest BCUT2D eigenvalue weighted by molar-refractivity contribution is -0.0494. The summed E-state index contributed by atoms with van der Waals surface area (Å²) in [5, 5.41) is 0. The molecule has 3 rings (SSSR count). The fourth-order valence-corrected chi connectivity index (χ4v) is 3.77. The van der Waals surface area contributed by atoms with Gasteiger partial charge in [0.2, 0.25) is 0 Å². The van der Waals surface area contributed by atoms with Gasteiger partial charge in [0.15, 0.2) is 0 Å². The fraction of sp³-hybridized carbons (Fsp3) is 0.143. The Bertz CT molecular complexity index is 1080. The van der Waals surface area contributed by atoms with Crippen LogP contribution in [0.5, 0.6) is 11.5 Å². The molecule has 0 saturated carbocycles. The average Bonchev–Trinajstić information content (AvgIpc) is 2.69. The number of methoxy groups -OCH3 is 1. The van der Waals surface area contributed by atoms with Gasteiger partial charge in [0.05, 0.1) is 12.0 Å². The molecule has 1 N–H and O–H groups in total. The smallest absolute Gasteiger partial charge is 0.387 e. The van der Waals surface area contributed by atoms with Crippen molar-refractivity contribution in [1.29, 1.82) is 0 Å². The number of hydrogen-bond acceptors (Lipinski definition) is 4. The normalized spacial score (nSPS) is 11.3. The van der Waals surface area contributed by atoms with Crippen LogP contribution < -0.4 is 14.2 Å². The molecule has 0 atom stereocenters. The van der Waals surface area contributed by atoms with Crippen LogP contribution in [-0.4, -0.2) is 22.1 Å². The molecule has 5 nitrogen and oxygen atoms in total. The quantitative estimate of drug-likeness (QED) is 0.581. The second-order valence-electron chi connectivity index (χ2n) is 6.24. The van der Waals surface area contributed by atoms with Gasteiger partial charge >= 0.3 is 6.61 Å². The third kappa shape index (κ3) is 5.03. The highest BCUT2D eigenvalue weighted by atomic mass is 32.2. The second-order valence-corrected chi connectivity index (χ2v) is 7.92. The molecule has 29 heavy (non-hydrogen) atoms. The second kappa shape index (κ2) is 8.48. The number of sulfonamides is 1. The molecule has 0 saturated heterocycles.